The summed E-state index contributed by atoms with van der Waals surface area (Å²) >= 11 is 5.99. The summed E-state index contributed by atoms with van der Waals surface area (Å²) in [6, 6.07) is 1.27. The molecule has 0 aliphatic rings. The zero-order valence-corrected chi connectivity index (χ0v) is 17.6. The Balaban J connectivity index is 3.80. The molecule has 134 valence electrons. The van der Waals surface area contributed by atoms with Crippen molar-refractivity contribution in [2.75, 3.05) is 19.0 Å². The van der Waals surface area contributed by atoms with Crippen molar-refractivity contribution in [3.8, 4) is 0 Å². The molecule has 0 aliphatic carbocycles. The van der Waals surface area contributed by atoms with Gasteiger partial charge < -0.3 is 4.57 Å². The Bertz CT molecular complexity index is 198. The summed E-state index contributed by atoms with van der Waals surface area (Å²) in [5.74, 6) is 0.858. The summed E-state index contributed by atoms with van der Waals surface area (Å²) in [4.78, 5) is 0. The number of halogens is 1. The molecule has 0 amide bonds. The molecule has 0 aromatic rings. The molecule has 0 N–H and O–H groups in total. The Labute approximate surface area is 147 Å². The second-order valence-electron chi connectivity index (χ2n) is 6.90. The number of hydrogen-bond donors (Lipinski definition) is 0. The summed E-state index contributed by atoms with van der Waals surface area (Å²) in [7, 11) is -0.745. The van der Waals surface area contributed by atoms with Gasteiger partial charge in [-0.3, -0.25) is 0 Å². The fraction of sp³-hybridized carbons (Fsp3) is 1.00. The largest absolute Gasteiger partial charge is 0.326 e. The van der Waals surface area contributed by atoms with Gasteiger partial charge in [0.25, 0.3) is 0 Å². The summed E-state index contributed by atoms with van der Waals surface area (Å²) in [5.41, 5.74) is 0. The Hall–Kier alpha value is 0.467. The molecule has 0 saturated heterocycles. The highest BCUT2D eigenvalue weighted by atomic mass is 35.5. The average Bonchev–Trinajstić information content (AvgIpc) is 2.52. The lowest BCUT2D eigenvalue weighted by Gasteiger charge is -2.28. The Kier molecular flexibility index (Phi) is 18.2. The van der Waals surface area contributed by atoms with Crippen molar-refractivity contribution in [1.29, 1.82) is 0 Å². The van der Waals surface area contributed by atoms with Crippen molar-refractivity contribution in [1.82, 2.24) is 4.57 Å². The number of alkyl halides is 1. The van der Waals surface area contributed by atoms with Gasteiger partial charge in [0.1, 0.15) is 8.96 Å². The van der Waals surface area contributed by atoms with Crippen LogP contribution in [-0.4, -0.2) is 32.5 Å². The van der Waals surface area contributed by atoms with Crippen LogP contribution in [0.1, 0.15) is 90.9 Å². The fourth-order valence-electron chi connectivity index (χ4n) is 3.08. The van der Waals surface area contributed by atoms with E-state index in [0.29, 0.717) is 0 Å². The summed E-state index contributed by atoms with van der Waals surface area (Å²) in [5, 5.41) is 0. The van der Waals surface area contributed by atoms with Gasteiger partial charge in [-0.05, 0) is 32.0 Å². The SMILES string of the molecule is CCCCCCCCN(CCCCCCCC)[SiH](C)CCCl. The third-order valence-electron chi connectivity index (χ3n) is 4.75. The van der Waals surface area contributed by atoms with E-state index in [1.807, 2.05) is 0 Å². The van der Waals surface area contributed by atoms with Gasteiger partial charge in [0, 0.05) is 5.88 Å². The lowest BCUT2D eigenvalue weighted by atomic mass is 10.1. The topological polar surface area (TPSA) is 3.24 Å². The maximum atomic E-state index is 5.99. The first kappa shape index (κ1) is 22.5. The van der Waals surface area contributed by atoms with Gasteiger partial charge in [-0.25, -0.2) is 0 Å². The normalized spacial score (nSPS) is 13.0. The predicted molar refractivity (Wildman–Crippen MR) is 107 cm³/mol. The number of rotatable bonds is 17. The molecule has 0 heterocycles. The van der Waals surface area contributed by atoms with E-state index < -0.39 is 8.96 Å². The first-order valence-electron chi connectivity index (χ1n) is 10.1. The highest BCUT2D eigenvalue weighted by Gasteiger charge is 2.13. The van der Waals surface area contributed by atoms with Gasteiger partial charge in [0.05, 0.1) is 0 Å². The summed E-state index contributed by atoms with van der Waals surface area (Å²) in [6.07, 6.45) is 16.9. The molecule has 1 atom stereocenters. The third kappa shape index (κ3) is 14.1. The minimum atomic E-state index is -0.745. The minimum absolute atomic E-state index is 0.745. The zero-order chi connectivity index (χ0) is 16.5. The van der Waals surface area contributed by atoms with Crippen molar-refractivity contribution < 1.29 is 0 Å². The molecule has 0 fully saturated rings. The Morgan fingerprint density at radius 2 is 1.09 bits per heavy atom. The van der Waals surface area contributed by atoms with Gasteiger partial charge in [0.2, 0.25) is 0 Å². The molecule has 22 heavy (non-hydrogen) atoms. The average molecular weight is 348 g/mol. The van der Waals surface area contributed by atoms with Crippen molar-refractivity contribution in [2.24, 2.45) is 0 Å². The van der Waals surface area contributed by atoms with Crippen LogP contribution < -0.4 is 0 Å². The van der Waals surface area contributed by atoms with E-state index in [0.717, 1.165) is 5.88 Å². The van der Waals surface area contributed by atoms with E-state index in [4.69, 9.17) is 11.6 Å². The van der Waals surface area contributed by atoms with Crippen LogP contribution in [0.2, 0.25) is 12.6 Å². The molecule has 1 unspecified atom stereocenters. The molecule has 0 aromatic heterocycles. The Morgan fingerprint density at radius 1 is 0.682 bits per heavy atom. The van der Waals surface area contributed by atoms with E-state index in [2.05, 4.69) is 25.0 Å². The molecule has 0 saturated carbocycles. The highest BCUT2D eigenvalue weighted by Crippen LogP contribution is 2.11. The van der Waals surface area contributed by atoms with Crippen molar-refractivity contribution in [3.05, 3.63) is 0 Å². The van der Waals surface area contributed by atoms with E-state index >= 15 is 0 Å². The molecule has 0 bridgehead atoms. The van der Waals surface area contributed by atoms with Crippen LogP contribution in [0.5, 0.6) is 0 Å². The van der Waals surface area contributed by atoms with Gasteiger partial charge in [-0.1, -0.05) is 84.6 Å². The molecule has 0 spiro atoms. The Morgan fingerprint density at radius 3 is 1.50 bits per heavy atom. The van der Waals surface area contributed by atoms with E-state index in [1.54, 1.807) is 0 Å². The van der Waals surface area contributed by atoms with Gasteiger partial charge >= 0.3 is 0 Å². The summed E-state index contributed by atoms with van der Waals surface area (Å²) < 4.78 is 2.84. The molecule has 0 radical (unpaired) electrons. The van der Waals surface area contributed by atoms with Crippen LogP contribution in [0.3, 0.4) is 0 Å². The predicted octanol–water partition coefficient (Wildman–Crippen LogP) is 6.60. The van der Waals surface area contributed by atoms with Crippen LogP contribution in [0.4, 0.5) is 0 Å². The van der Waals surface area contributed by atoms with E-state index in [1.165, 1.54) is 96.2 Å². The first-order chi connectivity index (χ1) is 10.8. The molecule has 0 rings (SSSR count). The monoisotopic (exact) mass is 347 g/mol. The van der Waals surface area contributed by atoms with Crippen LogP contribution in [-0.2, 0) is 0 Å². The van der Waals surface area contributed by atoms with Crippen molar-refractivity contribution >= 4 is 20.6 Å². The molecule has 0 aliphatic heterocycles. The molecule has 3 heteroatoms. The lowest BCUT2D eigenvalue weighted by Crippen LogP contribution is -2.38. The molecular weight excluding hydrogens is 306 g/mol. The smallest absolute Gasteiger partial charge is 0.110 e. The van der Waals surface area contributed by atoms with E-state index in [-0.39, 0.29) is 0 Å². The molecule has 1 nitrogen and oxygen atoms in total. The number of hydrogen-bond acceptors (Lipinski definition) is 1. The van der Waals surface area contributed by atoms with Crippen LogP contribution >= 0.6 is 11.6 Å². The van der Waals surface area contributed by atoms with Crippen molar-refractivity contribution in [2.45, 2.75) is 103 Å². The van der Waals surface area contributed by atoms with Crippen molar-refractivity contribution in [3.63, 3.8) is 0 Å². The van der Waals surface area contributed by atoms with E-state index in [9.17, 15) is 0 Å². The van der Waals surface area contributed by atoms with Gasteiger partial charge in [0.15, 0.2) is 0 Å². The quantitative estimate of drug-likeness (QED) is 0.163. The zero-order valence-electron chi connectivity index (χ0n) is 15.7. The third-order valence-corrected chi connectivity index (χ3v) is 8.22. The van der Waals surface area contributed by atoms with Crippen LogP contribution in [0.25, 0.3) is 0 Å². The maximum absolute atomic E-state index is 5.99. The first-order valence-corrected chi connectivity index (χ1v) is 13.1. The van der Waals surface area contributed by atoms with Gasteiger partial charge in [-0.15, -0.1) is 11.6 Å². The second kappa shape index (κ2) is 17.8. The number of nitrogens with zero attached hydrogens (tertiary/aromatic N) is 1. The highest BCUT2D eigenvalue weighted by molar-refractivity contribution is 6.55. The molecular formula is C19H42ClNSi. The summed E-state index contributed by atoms with van der Waals surface area (Å²) in [6.45, 7) is 9.76. The standard InChI is InChI=1S/C19H42ClNSi/c1-4-6-8-10-12-14-17-21(22(3)19-16-20)18-15-13-11-9-7-5-2/h22H,4-19H2,1-3H3. The minimum Gasteiger partial charge on any atom is -0.326 e. The van der Waals surface area contributed by atoms with Gasteiger partial charge in [-0.2, -0.15) is 0 Å². The molecule has 0 aromatic carbocycles. The van der Waals surface area contributed by atoms with Crippen LogP contribution in [0.15, 0.2) is 0 Å². The second-order valence-corrected chi connectivity index (χ2v) is 10.3. The fourth-order valence-corrected chi connectivity index (χ4v) is 5.96. The van der Waals surface area contributed by atoms with Crippen LogP contribution in [0, 0.1) is 0 Å². The lowest BCUT2D eigenvalue weighted by molar-refractivity contribution is 0.395. The number of unbranched alkanes of at least 4 members (excludes halogenated alkanes) is 10. The maximum Gasteiger partial charge on any atom is 0.110 e.